The number of hydrogen-bond acceptors (Lipinski definition) is 8. The van der Waals surface area contributed by atoms with E-state index in [0.29, 0.717) is 10.3 Å². The first-order valence-electron chi connectivity index (χ1n) is 7.54. The Morgan fingerprint density at radius 3 is 2.78 bits per heavy atom. The van der Waals surface area contributed by atoms with Crippen LogP contribution in [0, 0.1) is 0 Å². The normalized spacial score (nSPS) is 11.7. The Kier molecular flexibility index (Phi) is 5.75. The average molecular weight is 472 g/mol. The van der Waals surface area contributed by atoms with Gasteiger partial charge in [0.25, 0.3) is 5.89 Å². The fourth-order valence-electron chi connectivity index (χ4n) is 2.05. The standard InChI is InChI=1S/C16H14BrN3O5S2/c1-20(2)27(22,23)13-8-10(5-6-11(13)17)16(21)24-9-14-18-15(19-25-14)12-4-3-7-26-12/h3-8H,9H2,1-2H3. The lowest BCUT2D eigenvalue weighted by Gasteiger charge is -2.13. The fraction of sp³-hybridized carbons (Fsp3) is 0.188. The predicted octanol–water partition coefficient (Wildman–Crippen LogP) is 3.17. The van der Waals surface area contributed by atoms with Crippen molar-refractivity contribution >= 4 is 43.3 Å². The van der Waals surface area contributed by atoms with Crippen LogP contribution < -0.4 is 0 Å². The third-order valence-corrected chi connectivity index (χ3v) is 7.14. The molecule has 0 aliphatic rings. The summed E-state index contributed by atoms with van der Waals surface area (Å²) in [7, 11) is -0.893. The highest BCUT2D eigenvalue weighted by Crippen LogP contribution is 2.26. The molecule has 1 aromatic carbocycles. The van der Waals surface area contributed by atoms with Crippen molar-refractivity contribution in [2.24, 2.45) is 0 Å². The maximum Gasteiger partial charge on any atom is 0.338 e. The molecule has 0 spiro atoms. The topological polar surface area (TPSA) is 103 Å². The second-order valence-electron chi connectivity index (χ2n) is 5.50. The van der Waals surface area contributed by atoms with Crippen molar-refractivity contribution in [1.29, 1.82) is 0 Å². The Labute approximate surface area is 167 Å². The van der Waals surface area contributed by atoms with Gasteiger partial charge in [0.15, 0.2) is 6.61 Å². The van der Waals surface area contributed by atoms with Crippen molar-refractivity contribution in [3.05, 3.63) is 51.6 Å². The van der Waals surface area contributed by atoms with Crippen molar-refractivity contribution < 1.29 is 22.5 Å². The summed E-state index contributed by atoms with van der Waals surface area (Å²) in [6.07, 6.45) is 0. The maximum atomic E-state index is 12.3. The number of hydrogen-bond donors (Lipinski definition) is 0. The highest BCUT2D eigenvalue weighted by Gasteiger charge is 2.23. The van der Waals surface area contributed by atoms with Crippen LogP contribution in [-0.4, -0.2) is 42.9 Å². The van der Waals surface area contributed by atoms with Crippen molar-refractivity contribution in [2.45, 2.75) is 11.5 Å². The number of esters is 1. The number of sulfonamides is 1. The summed E-state index contributed by atoms with van der Waals surface area (Å²) in [5.74, 6) is -0.141. The van der Waals surface area contributed by atoms with E-state index in [4.69, 9.17) is 9.26 Å². The molecule has 0 amide bonds. The monoisotopic (exact) mass is 471 g/mol. The number of halogens is 1. The quantitative estimate of drug-likeness (QED) is 0.508. The fourth-order valence-corrected chi connectivity index (χ4v) is 4.55. The van der Waals surface area contributed by atoms with E-state index in [1.54, 1.807) is 0 Å². The van der Waals surface area contributed by atoms with Gasteiger partial charge in [-0.1, -0.05) is 11.2 Å². The number of benzene rings is 1. The van der Waals surface area contributed by atoms with Crippen molar-refractivity contribution in [2.75, 3.05) is 14.1 Å². The van der Waals surface area contributed by atoms with Crippen LogP contribution in [0.4, 0.5) is 0 Å². The molecule has 0 aliphatic heterocycles. The summed E-state index contributed by atoms with van der Waals surface area (Å²) < 4.78 is 36.3. The molecule has 3 rings (SSSR count). The largest absolute Gasteiger partial charge is 0.452 e. The van der Waals surface area contributed by atoms with E-state index in [1.165, 1.54) is 43.6 Å². The van der Waals surface area contributed by atoms with E-state index in [0.717, 1.165) is 9.18 Å². The molecular formula is C16H14BrN3O5S2. The molecule has 0 atom stereocenters. The number of carbonyl (C=O) groups is 1. The number of rotatable bonds is 6. The molecule has 0 fully saturated rings. The Hall–Kier alpha value is -2.08. The molecule has 0 saturated carbocycles. The van der Waals surface area contributed by atoms with Gasteiger partial charge in [0, 0.05) is 18.6 Å². The second kappa shape index (κ2) is 7.89. The van der Waals surface area contributed by atoms with Gasteiger partial charge in [-0.3, -0.25) is 0 Å². The molecule has 142 valence electrons. The highest BCUT2D eigenvalue weighted by molar-refractivity contribution is 9.10. The van der Waals surface area contributed by atoms with Crippen LogP contribution in [0.2, 0.25) is 0 Å². The van der Waals surface area contributed by atoms with Crippen molar-refractivity contribution in [3.63, 3.8) is 0 Å². The van der Waals surface area contributed by atoms with Crippen LogP contribution in [-0.2, 0) is 21.4 Å². The summed E-state index contributed by atoms with van der Waals surface area (Å²) in [6.45, 7) is -0.219. The minimum absolute atomic E-state index is 0.0280. The summed E-state index contributed by atoms with van der Waals surface area (Å²) in [4.78, 5) is 17.2. The van der Waals surface area contributed by atoms with Gasteiger partial charge in [-0.25, -0.2) is 17.5 Å². The molecule has 8 nitrogen and oxygen atoms in total. The van der Waals surface area contributed by atoms with E-state index < -0.39 is 16.0 Å². The zero-order chi connectivity index (χ0) is 19.6. The predicted molar refractivity (Wildman–Crippen MR) is 102 cm³/mol. The van der Waals surface area contributed by atoms with Crippen LogP contribution in [0.1, 0.15) is 16.2 Å². The van der Waals surface area contributed by atoms with Crippen LogP contribution >= 0.6 is 27.3 Å². The number of aromatic nitrogens is 2. The lowest BCUT2D eigenvalue weighted by atomic mass is 10.2. The minimum atomic E-state index is -3.71. The van der Waals surface area contributed by atoms with Crippen molar-refractivity contribution in [3.8, 4) is 10.7 Å². The van der Waals surface area contributed by atoms with Gasteiger partial charge in [-0.15, -0.1) is 11.3 Å². The number of thiophene rings is 1. The zero-order valence-electron chi connectivity index (χ0n) is 14.2. The Balaban J connectivity index is 1.73. The van der Waals surface area contributed by atoms with Gasteiger partial charge < -0.3 is 9.26 Å². The van der Waals surface area contributed by atoms with Crippen LogP contribution in [0.15, 0.2) is 49.6 Å². The lowest BCUT2D eigenvalue weighted by Crippen LogP contribution is -2.23. The summed E-state index contributed by atoms with van der Waals surface area (Å²) in [6, 6.07) is 7.91. The van der Waals surface area contributed by atoms with Gasteiger partial charge in [0.2, 0.25) is 15.8 Å². The third-order valence-electron chi connectivity index (χ3n) is 3.46. The van der Waals surface area contributed by atoms with Gasteiger partial charge in [0.05, 0.1) is 15.3 Å². The first-order valence-corrected chi connectivity index (χ1v) is 10.7. The molecule has 3 aromatic rings. The van der Waals surface area contributed by atoms with Gasteiger partial charge in [-0.2, -0.15) is 4.98 Å². The summed E-state index contributed by atoms with van der Waals surface area (Å²) in [5, 5.41) is 5.72. The van der Waals surface area contributed by atoms with E-state index in [1.807, 2.05) is 17.5 Å². The molecule has 0 saturated heterocycles. The molecule has 0 unspecified atom stereocenters. The first kappa shape index (κ1) is 19.7. The summed E-state index contributed by atoms with van der Waals surface area (Å²) >= 11 is 4.65. The van der Waals surface area contributed by atoms with Crippen LogP contribution in [0.3, 0.4) is 0 Å². The van der Waals surface area contributed by atoms with E-state index in [-0.39, 0.29) is 23.0 Å². The molecule has 2 heterocycles. The van der Waals surface area contributed by atoms with Crippen LogP contribution in [0.25, 0.3) is 10.7 Å². The number of nitrogens with zero attached hydrogens (tertiary/aromatic N) is 3. The highest BCUT2D eigenvalue weighted by atomic mass is 79.9. The lowest BCUT2D eigenvalue weighted by molar-refractivity contribution is 0.0429. The Morgan fingerprint density at radius 2 is 2.11 bits per heavy atom. The second-order valence-corrected chi connectivity index (χ2v) is 9.42. The molecule has 0 bridgehead atoms. The van der Waals surface area contributed by atoms with E-state index in [2.05, 4.69) is 26.1 Å². The Morgan fingerprint density at radius 1 is 1.33 bits per heavy atom. The number of ether oxygens (including phenoxy) is 1. The smallest absolute Gasteiger partial charge is 0.338 e. The van der Waals surface area contributed by atoms with Crippen molar-refractivity contribution in [1.82, 2.24) is 14.4 Å². The molecule has 0 aliphatic carbocycles. The molecule has 27 heavy (non-hydrogen) atoms. The SMILES string of the molecule is CN(C)S(=O)(=O)c1cc(C(=O)OCc2nc(-c3cccs3)no2)ccc1Br. The molecule has 2 aromatic heterocycles. The van der Waals surface area contributed by atoms with E-state index in [9.17, 15) is 13.2 Å². The molecule has 11 heteroatoms. The summed E-state index contributed by atoms with van der Waals surface area (Å²) in [5.41, 5.74) is 0.0941. The van der Waals surface area contributed by atoms with Crippen LogP contribution in [0.5, 0.6) is 0 Å². The Bertz CT molecular complexity index is 1060. The number of carbonyl (C=O) groups excluding carboxylic acids is 1. The molecule has 0 N–H and O–H groups in total. The zero-order valence-corrected chi connectivity index (χ0v) is 17.5. The average Bonchev–Trinajstić information content (AvgIpc) is 3.31. The third kappa shape index (κ3) is 4.26. The van der Waals surface area contributed by atoms with Gasteiger partial charge >= 0.3 is 5.97 Å². The maximum absolute atomic E-state index is 12.3. The molecular weight excluding hydrogens is 458 g/mol. The van der Waals surface area contributed by atoms with Gasteiger partial charge in [0.1, 0.15) is 0 Å². The minimum Gasteiger partial charge on any atom is -0.452 e. The van der Waals surface area contributed by atoms with Gasteiger partial charge in [-0.05, 0) is 45.6 Å². The molecule has 0 radical (unpaired) electrons. The first-order chi connectivity index (χ1) is 12.8. The van der Waals surface area contributed by atoms with E-state index >= 15 is 0 Å².